The van der Waals surface area contributed by atoms with Crippen molar-refractivity contribution < 1.29 is 19.1 Å². The zero-order valence-electron chi connectivity index (χ0n) is 15.0. The lowest BCUT2D eigenvalue weighted by Crippen LogP contribution is -2.43. The molecule has 0 radical (unpaired) electrons. The summed E-state index contributed by atoms with van der Waals surface area (Å²) in [6, 6.07) is 6.44. The number of thiophene rings is 1. The van der Waals surface area contributed by atoms with Crippen LogP contribution in [-0.2, 0) is 27.3 Å². The standard InChI is InChI=1S/C19H18Cl2N2O4S/c1-11(19(26)23-6-4-16-12(10-23)5-7-28-16)27-17(24)9-22-18(25)14-3-2-13(20)8-15(14)21/h2-3,5,7-8,11H,4,6,9-10H2,1H3,(H,22,25). The van der Waals surface area contributed by atoms with Crippen LogP contribution in [0.2, 0.25) is 10.0 Å². The molecule has 0 aliphatic carbocycles. The molecule has 2 aromatic rings. The van der Waals surface area contributed by atoms with Crippen LogP contribution < -0.4 is 5.32 Å². The van der Waals surface area contributed by atoms with E-state index in [1.807, 2.05) is 11.4 Å². The number of nitrogens with zero attached hydrogens (tertiary/aromatic N) is 1. The number of ether oxygens (including phenoxy) is 1. The summed E-state index contributed by atoms with van der Waals surface area (Å²) in [6.45, 7) is 2.27. The van der Waals surface area contributed by atoms with Crippen LogP contribution in [0.3, 0.4) is 0 Å². The quantitative estimate of drug-likeness (QED) is 0.723. The van der Waals surface area contributed by atoms with Crippen LogP contribution >= 0.6 is 34.5 Å². The molecule has 1 N–H and O–H groups in total. The van der Waals surface area contributed by atoms with Gasteiger partial charge in [-0.1, -0.05) is 23.2 Å². The van der Waals surface area contributed by atoms with Gasteiger partial charge >= 0.3 is 5.97 Å². The van der Waals surface area contributed by atoms with Gasteiger partial charge in [-0.3, -0.25) is 14.4 Å². The van der Waals surface area contributed by atoms with Gasteiger partial charge in [-0.15, -0.1) is 11.3 Å². The highest BCUT2D eigenvalue weighted by Crippen LogP contribution is 2.24. The van der Waals surface area contributed by atoms with Crippen LogP contribution in [-0.4, -0.2) is 41.9 Å². The van der Waals surface area contributed by atoms with Crippen molar-refractivity contribution in [3.8, 4) is 0 Å². The van der Waals surface area contributed by atoms with Gasteiger partial charge in [0, 0.05) is 23.0 Å². The minimum Gasteiger partial charge on any atom is -0.451 e. The normalized spacial score (nSPS) is 14.2. The van der Waals surface area contributed by atoms with Crippen LogP contribution in [0.1, 0.15) is 27.7 Å². The fraction of sp³-hybridized carbons (Fsp3) is 0.316. The number of amides is 2. The van der Waals surface area contributed by atoms with E-state index in [0.717, 1.165) is 12.0 Å². The van der Waals surface area contributed by atoms with Crippen LogP contribution in [0.15, 0.2) is 29.6 Å². The Kier molecular flexibility index (Phi) is 6.59. The summed E-state index contributed by atoms with van der Waals surface area (Å²) in [4.78, 5) is 39.6. The van der Waals surface area contributed by atoms with Gasteiger partial charge in [0.05, 0.1) is 10.6 Å². The van der Waals surface area contributed by atoms with E-state index in [4.69, 9.17) is 27.9 Å². The highest BCUT2D eigenvalue weighted by atomic mass is 35.5. The largest absolute Gasteiger partial charge is 0.451 e. The molecular formula is C19H18Cl2N2O4S. The summed E-state index contributed by atoms with van der Waals surface area (Å²) in [6.07, 6.45) is -0.124. The lowest BCUT2D eigenvalue weighted by molar-refractivity contribution is -0.158. The number of nitrogens with one attached hydrogen (secondary N) is 1. The molecule has 148 valence electrons. The Labute approximate surface area is 176 Å². The number of rotatable bonds is 5. The molecular weight excluding hydrogens is 423 g/mol. The molecule has 0 spiro atoms. The Morgan fingerprint density at radius 3 is 2.82 bits per heavy atom. The molecule has 6 nitrogen and oxygen atoms in total. The lowest BCUT2D eigenvalue weighted by atomic mass is 10.1. The number of hydrogen-bond donors (Lipinski definition) is 1. The number of carbonyl (C=O) groups excluding carboxylic acids is 3. The van der Waals surface area contributed by atoms with Crippen LogP contribution in [0.4, 0.5) is 0 Å². The third-order valence-corrected chi connectivity index (χ3v) is 5.92. The monoisotopic (exact) mass is 440 g/mol. The molecule has 0 fully saturated rings. The maximum absolute atomic E-state index is 12.5. The third-order valence-electron chi connectivity index (χ3n) is 4.34. The Balaban J connectivity index is 1.49. The van der Waals surface area contributed by atoms with Crippen molar-refractivity contribution in [1.29, 1.82) is 0 Å². The molecule has 1 aliphatic heterocycles. The zero-order chi connectivity index (χ0) is 20.3. The highest BCUT2D eigenvalue weighted by molar-refractivity contribution is 7.10. The number of hydrogen-bond acceptors (Lipinski definition) is 5. The van der Waals surface area contributed by atoms with Crippen molar-refractivity contribution in [3.63, 3.8) is 0 Å². The summed E-state index contributed by atoms with van der Waals surface area (Å²) in [7, 11) is 0. The van der Waals surface area contributed by atoms with E-state index in [1.54, 1.807) is 16.2 Å². The number of halogens is 2. The van der Waals surface area contributed by atoms with Crippen LogP contribution in [0.5, 0.6) is 0 Å². The van der Waals surface area contributed by atoms with Crippen molar-refractivity contribution in [2.45, 2.75) is 26.0 Å². The predicted molar refractivity (Wildman–Crippen MR) is 108 cm³/mol. The van der Waals surface area contributed by atoms with E-state index in [2.05, 4.69) is 5.32 Å². The van der Waals surface area contributed by atoms with E-state index < -0.39 is 18.0 Å². The number of fused-ring (bicyclic) bond motifs is 1. The summed E-state index contributed by atoms with van der Waals surface area (Å²) >= 11 is 13.5. The fourth-order valence-electron chi connectivity index (χ4n) is 2.90. The van der Waals surface area contributed by atoms with E-state index in [1.165, 1.54) is 30.0 Å². The molecule has 1 unspecified atom stereocenters. The SMILES string of the molecule is CC(OC(=O)CNC(=O)c1ccc(Cl)cc1Cl)C(=O)N1CCc2sccc2C1. The Morgan fingerprint density at radius 1 is 1.29 bits per heavy atom. The topological polar surface area (TPSA) is 75.7 Å². The van der Waals surface area contributed by atoms with Crippen molar-refractivity contribution in [2.75, 3.05) is 13.1 Å². The molecule has 1 aromatic heterocycles. The molecule has 28 heavy (non-hydrogen) atoms. The highest BCUT2D eigenvalue weighted by Gasteiger charge is 2.27. The van der Waals surface area contributed by atoms with Crippen LogP contribution in [0.25, 0.3) is 0 Å². The average molecular weight is 441 g/mol. The second-order valence-corrected chi connectivity index (χ2v) is 8.16. The second kappa shape index (κ2) is 8.94. The summed E-state index contributed by atoms with van der Waals surface area (Å²) in [5.41, 5.74) is 1.33. The Bertz CT molecular complexity index is 915. The predicted octanol–water partition coefficient (Wildman–Crippen LogP) is 3.30. The first-order chi connectivity index (χ1) is 13.3. The first-order valence-electron chi connectivity index (χ1n) is 8.62. The van der Waals surface area contributed by atoms with Gasteiger partial charge < -0.3 is 15.0 Å². The van der Waals surface area contributed by atoms with Crippen LogP contribution in [0, 0.1) is 0 Å². The molecule has 0 bridgehead atoms. The summed E-state index contributed by atoms with van der Waals surface area (Å²) in [5.74, 6) is -1.48. The van der Waals surface area contributed by atoms with Gasteiger partial charge in [0.15, 0.2) is 6.10 Å². The molecule has 3 rings (SSSR count). The Hall–Kier alpha value is -2.09. The first kappa shape index (κ1) is 20.6. The second-order valence-electron chi connectivity index (χ2n) is 6.32. The number of esters is 1. The minimum atomic E-state index is -0.927. The smallest absolute Gasteiger partial charge is 0.326 e. The zero-order valence-corrected chi connectivity index (χ0v) is 17.4. The van der Waals surface area contributed by atoms with Gasteiger partial charge in [-0.2, -0.15) is 0 Å². The molecule has 1 atom stereocenters. The molecule has 2 heterocycles. The first-order valence-corrected chi connectivity index (χ1v) is 10.3. The van der Waals surface area contributed by atoms with E-state index >= 15 is 0 Å². The maximum atomic E-state index is 12.5. The van der Waals surface area contributed by atoms with Gasteiger partial charge in [0.1, 0.15) is 6.54 Å². The molecule has 1 aliphatic rings. The summed E-state index contributed by atoms with van der Waals surface area (Å²) < 4.78 is 5.17. The van der Waals surface area contributed by atoms with Crippen molar-refractivity contribution in [1.82, 2.24) is 10.2 Å². The summed E-state index contributed by atoms with van der Waals surface area (Å²) in [5, 5.41) is 5.02. The average Bonchev–Trinajstić information content (AvgIpc) is 3.13. The third kappa shape index (κ3) is 4.84. The van der Waals surface area contributed by atoms with Crippen molar-refractivity contribution in [3.05, 3.63) is 55.7 Å². The van der Waals surface area contributed by atoms with Crippen molar-refractivity contribution >= 4 is 52.3 Å². The maximum Gasteiger partial charge on any atom is 0.326 e. The minimum absolute atomic E-state index is 0.180. The molecule has 0 saturated carbocycles. The van der Waals surface area contributed by atoms with Crippen molar-refractivity contribution in [2.24, 2.45) is 0 Å². The van der Waals surface area contributed by atoms with E-state index in [9.17, 15) is 14.4 Å². The number of carbonyl (C=O) groups is 3. The van der Waals surface area contributed by atoms with Gasteiger partial charge in [-0.25, -0.2) is 0 Å². The number of benzene rings is 1. The van der Waals surface area contributed by atoms with Gasteiger partial charge in [0.2, 0.25) is 0 Å². The molecule has 9 heteroatoms. The van der Waals surface area contributed by atoms with E-state index in [0.29, 0.717) is 18.1 Å². The van der Waals surface area contributed by atoms with E-state index in [-0.39, 0.29) is 23.0 Å². The van der Waals surface area contributed by atoms with Gasteiger partial charge in [0.25, 0.3) is 11.8 Å². The van der Waals surface area contributed by atoms with Gasteiger partial charge in [-0.05, 0) is 48.6 Å². The molecule has 2 amide bonds. The Morgan fingerprint density at radius 2 is 2.07 bits per heavy atom. The molecule has 1 aromatic carbocycles. The molecule has 0 saturated heterocycles. The fourth-order valence-corrected chi connectivity index (χ4v) is 4.29. The lowest BCUT2D eigenvalue weighted by Gasteiger charge is -2.29.